The maximum absolute atomic E-state index is 13.4. The fourth-order valence-corrected chi connectivity index (χ4v) is 6.08. The predicted molar refractivity (Wildman–Crippen MR) is 179 cm³/mol. The summed E-state index contributed by atoms with van der Waals surface area (Å²) in [5.41, 5.74) is 0.663. The van der Waals surface area contributed by atoms with Gasteiger partial charge in [0, 0.05) is 48.7 Å². The highest BCUT2D eigenvalue weighted by Gasteiger charge is 2.31. The molecule has 2 aliphatic rings. The lowest BCUT2D eigenvalue weighted by molar-refractivity contribution is 0.0176. The Kier molecular flexibility index (Phi) is 10.1. The lowest BCUT2D eigenvalue weighted by Crippen LogP contribution is -2.41. The summed E-state index contributed by atoms with van der Waals surface area (Å²) in [5.74, 6) is 0.829. The zero-order chi connectivity index (χ0) is 33.9. The Hall–Kier alpha value is -4.19. The van der Waals surface area contributed by atoms with Crippen LogP contribution < -0.4 is 10.1 Å². The molecular formula is C35H48N6O6. The van der Waals surface area contributed by atoms with Gasteiger partial charge in [0.25, 0.3) is 5.91 Å². The van der Waals surface area contributed by atoms with Gasteiger partial charge in [0.15, 0.2) is 0 Å². The molecule has 3 aromatic heterocycles. The molecule has 2 aliphatic heterocycles. The quantitative estimate of drug-likeness (QED) is 0.299. The highest BCUT2D eigenvalue weighted by Crippen LogP contribution is 2.35. The number of piperidine rings is 1. The fourth-order valence-electron chi connectivity index (χ4n) is 6.08. The summed E-state index contributed by atoms with van der Waals surface area (Å²) in [5, 5.41) is 3.63. The first-order valence-electron chi connectivity index (χ1n) is 16.5. The van der Waals surface area contributed by atoms with Crippen molar-refractivity contribution in [3.8, 4) is 5.88 Å². The van der Waals surface area contributed by atoms with Gasteiger partial charge in [0.05, 0.1) is 23.7 Å². The van der Waals surface area contributed by atoms with Gasteiger partial charge >= 0.3 is 12.2 Å². The number of rotatable bonds is 7. The number of hydrogen-bond donors (Lipinski definition) is 1. The molecule has 0 aromatic carbocycles. The molecule has 0 unspecified atom stereocenters. The number of anilines is 1. The molecule has 5 rings (SSSR count). The Bertz CT molecular complexity index is 1580. The van der Waals surface area contributed by atoms with Gasteiger partial charge in [-0.25, -0.2) is 24.1 Å². The van der Waals surface area contributed by atoms with Gasteiger partial charge in [-0.1, -0.05) is 0 Å². The third-order valence-electron chi connectivity index (χ3n) is 8.43. The first-order chi connectivity index (χ1) is 22.2. The molecule has 1 atom stereocenters. The van der Waals surface area contributed by atoms with E-state index in [1.165, 1.54) is 6.20 Å². The van der Waals surface area contributed by atoms with Crippen LogP contribution in [0, 0.1) is 5.92 Å². The van der Waals surface area contributed by atoms with Gasteiger partial charge in [0.2, 0.25) is 5.88 Å². The minimum absolute atomic E-state index is 0.0805. The molecule has 5 heterocycles. The lowest BCUT2D eigenvalue weighted by atomic mass is 9.94. The number of amides is 2. The van der Waals surface area contributed by atoms with E-state index in [9.17, 15) is 14.4 Å². The minimum Gasteiger partial charge on any atom is -0.478 e. The maximum atomic E-state index is 13.4. The fraction of sp³-hybridized carbons (Fsp3) is 0.571. The van der Waals surface area contributed by atoms with Crippen LogP contribution in [0.2, 0.25) is 0 Å². The van der Waals surface area contributed by atoms with Crippen LogP contribution >= 0.6 is 0 Å². The predicted octanol–water partition coefficient (Wildman–Crippen LogP) is 6.65. The summed E-state index contributed by atoms with van der Waals surface area (Å²) in [6.07, 6.45) is 7.06. The van der Waals surface area contributed by atoms with E-state index in [1.807, 2.05) is 47.6 Å². The molecular weight excluding hydrogens is 600 g/mol. The Morgan fingerprint density at radius 1 is 0.894 bits per heavy atom. The zero-order valence-electron chi connectivity index (χ0n) is 28.7. The van der Waals surface area contributed by atoms with Crippen molar-refractivity contribution in [1.29, 1.82) is 0 Å². The molecule has 2 fully saturated rings. The van der Waals surface area contributed by atoms with Crippen LogP contribution in [0.15, 0.2) is 36.7 Å². The number of likely N-dealkylation sites (tertiary alicyclic amines) is 2. The molecule has 0 radical (unpaired) electrons. The van der Waals surface area contributed by atoms with Crippen LogP contribution in [0.3, 0.4) is 0 Å². The number of carbonyl (C=O) groups is 3. The molecule has 1 N–H and O–H groups in total. The molecule has 12 heteroatoms. The summed E-state index contributed by atoms with van der Waals surface area (Å²) in [6, 6.07) is 7.11. The summed E-state index contributed by atoms with van der Waals surface area (Å²) >= 11 is 0. The largest absolute Gasteiger partial charge is 0.478 e. The number of pyridine rings is 2. The minimum atomic E-state index is -0.666. The average molecular weight is 649 g/mol. The van der Waals surface area contributed by atoms with E-state index in [-0.39, 0.29) is 18.0 Å². The topological polar surface area (TPSA) is 128 Å². The molecule has 0 aliphatic carbocycles. The number of aromatic nitrogens is 3. The van der Waals surface area contributed by atoms with Crippen molar-refractivity contribution in [2.24, 2.45) is 5.92 Å². The summed E-state index contributed by atoms with van der Waals surface area (Å²) < 4.78 is 18.7. The van der Waals surface area contributed by atoms with E-state index >= 15 is 0 Å². The van der Waals surface area contributed by atoms with Crippen molar-refractivity contribution in [2.75, 3.05) is 38.6 Å². The molecule has 0 bridgehead atoms. The molecule has 3 aromatic rings. The molecule has 47 heavy (non-hydrogen) atoms. The monoisotopic (exact) mass is 648 g/mol. The third-order valence-corrected chi connectivity index (χ3v) is 8.43. The molecule has 0 spiro atoms. The van der Waals surface area contributed by atoms with Crippen molar-refractivity contribution >= 4 is 34.8 Å². The number of ether oxygens (including phenoxy) is 3. The van der Waals surface area contributed by atoms with Crippen LogP contribution in [0.4, 0.5) is 15.4 Å². The van der Waals surface area contributed by atoms with Crippen LogP contribution in [-0.2, 0) is 9.47 Å². The van der Waals surface area contributed by atoms with Crippen molar-refractivity contribution in [1.82, 2.24) is 24.3 Å². The van der Waals surface area contributed by atoms with Crippen LogP contribution in [0.25, 0.3) is 10.9 Å². The third kappa shape index (κ3) is 8.79. The summed E-state index contributed by atoms with van der Waals surface area (Å²) in [7, 11) is 2.06. The first kappa shape index (κ1) is 34.2. The highest BCUT2D eigenvalue weighted by atomic mass is 16.6. The average Bonchev–Trinajstić information content (AvgIpc) is 3.58. The van der Waals surface area contributed by atoms with Crippen molar-refractivity contribution in [3.05, 3.63) is 47.9 Å². The lowest BCUT2D eigenvalue weighted by Gasteiger charge is -2.33. The van der Waals surface area contributed by atoms with E-state index in [4.69, 9.17) is 14.2 Å². The van der Waals surface area contributed by atoms with E-state index in [1.54, 1.807) is 33.9 Å². The van der Waals surface area contributed by atoms with Crippen LogP contribution in [0.1, 0.15) is 95.7 Å². The first-order valence-corrected chi connectivity index (χ1v) is 16.5. The molecule has 0 saturated carbocycles. The Balaban J connectivity index is 1.18. The van der Waals surface area contributed by atoms with Crippen LogP contribution in [0.5, 0.6) is 5.88 Å². The number of nitrogens with one attached hydrogen (secondary N) is 1. The number of fused-ring (bicyclic) bond motifs is 1. The highest BCUT2D eigenvalue weighted by molar-refractivity contribution is 6.04. The normalized spacial score (nSPS) is 17.9. The van der Waals surface area contributed by atoms with Crippen molar-refractivity contribution in [3.63, 3.8) is 0 Å². The molecule has 254 valence electrons. The SMILES string of the molecule is CN1CCC[C@@H]1c1cc2cnc(NC(=O)c3ccc(OCCC4CCN(C(=O)OC(C)(C)C)CC4)nc3)cc2n1C(=O)OC(C)(C)C. The smallest absolute Gasteiger partial charge is 0.419 e. The van der Waals surface area contributed by atoms with Gasteiger partial charge < -0.3 is 24.4 Å². The second-order valence-electron chi connectivity index (χ2n) is 14.5. The van der Waals surface area contributed by atoms with E-state index in [0.29, 0.717) is 48.4 Å². The zero-order valence-corrected chi connectivity index (χ0v) is 28.7. The molecule has 2 amide bonds. The second kappa shape index (κ2) is 13.9. The van der Waals surface area contributed by atoms with E-state index < -0.39 is 17.3 Å². The standard InChI is InChI=1S/C35H48N6O6/c1-34(2,3)46-32(43)40-16-12-23(13-17-40)14-18-45-30-11-10-24(21-37-30)31(42)38-29-20-27-25(22-36-29)19-28(26-9-8-15-39(26)7)41(27)33(44)47-35(4,5)6/h10-11,19-23,26H,8-9,12-18H2,1-7H3,(H,36,38,42)/t26-/m1/s1. The maximum Gasteiger partial charge on any atom is 0.419 e. The van der Waals surface area contributed by atoms with Gasteiger partial charge in [-0.15, -0.1) is 0 Å². The Labute approximate surface area is 276 Å². The molecule has 2 saturated heterocycles. The summed E-state index contributed by atoms with van der Waals surface area (Å²) in [4.78, 5) is 51.6. The van der Waals surface area contributed by atoms with Gasteiger partial charge in [-0.05, 0) is 105 Å². The van der Waals surface area contributed by atoms with Gasteiger partial charge in [0.1, 0.15) is 17.0 Å². The van der Waals surface area contributed by atoms with Crippen molar-refractivity contribution < 1.29 is 28.6 Å². The van der Waals surface area contributed by atoms with Crippen LogP contribution in [-0.4, -0.2) is 86.9 Å². The molecule has 12 nitrogen and oxygen atoms in total. The van der Waals surface area contributed by atoms with Crippen molar-refractivity contribution in [2.45, 2.75) is 90.9 Å². The number of nitrogens with zero attached hydrogens (tertiary/aromatic N) is 5. The second-order valence-corrected chi connectivity index (χ2v) is 14.5. The number of carbonyl (C=O) groups excluding carboxylic acids is 3. The number of hydrogen-bond acceptors (Lipinski definition) is 9. The Morgan fingerprint density at radius 3 is 2.21 bits per heavy atom. The van der Waals surface area contributed by atoms with Gasteiger partial charge in [-0.3, -0.25) is 9.69 Å². The summed E-state index contributed by atoms with van der Waals surface area (Å²) in [6.45, 7) is 13.9. The van der Waals surface area contributed by atoms with Gasteiger partial charge in [-0.2, -0.15) is 0 Å². The van der Waals surface area contributed by atoms with E-state index in [2.05, 4.69) is 27.2 Å². The Morgan fingerprint density at radius 2 is 1.60 bits per heavy atom. The van der Waals surface area contributed by atoms with E-state index in [0.717, 1.165) is 49.7 Å².